The third kappa shape index (κ3) is 3.76. The van der Waals surface area contributed by atoms with Crippen LogP contribution in [-0.2, 0) is 35.4 Å². The first-order valence-corrected chi connectivity index (χ1v) is 9.98. The molecule has 2 aliphatic rings. The highest BCUT2D eigenvalue weighted by Crippen LogP contribution is 2.37. The second-order valence-corrected chi connectivity index (χ2v) is 9.04. The van der Waals surface area contributed by atoms with E-state index in [0.29, 0.717) is 0 Å². The summed E-state index contributed by atoms with van der Waals surface area (Å²) in [7, 11) is -3.67. The van der Waals surface area contributed by atoms with E-state index >= 15 is 0 Å². The number of rotatable bonds is 5. The molecule has 2 saturated heterocycles. The summed E-state index contributed by atoms with van der Waals surface area (Å²) in [6.07, 6.45) is -1.71. The summed E-state index contributed by atoms with van der Waals surface area (Å²) in [5.41, 5.74) is -0.239. The quantitative estimate of drug-likeness (QED) is 0.732. The summed E-state index contributed by atoms with van der Waals surface area (Å²) in [6, 6.07) is 9.50. The van der Waals surface area contributed by atoms with E-state index in [1.807, 2.05) is 30.3 Å². The van der Waals surface area contributed by atoms with Gasteiger partial charge in [-0.05, 0) is 19.4 Å². The van der Waals surface area contributed by atoms with E-state index in [9.17, 15) is 8.42 Å². The monoisotopic (exact) mass is 376 g/mol. The molecule has 0 bridgehead atoms. The van der Waals surface area contributed by atoms with E-state index < -0.39 is 38.5 Å². The number of alkyl halides is 1. The Morgan fingerprint density at radius 1 is 1.25 bits per heavy atom. The summed E-state index contributed by atoms with van der Waals surface area (Å²) >= 11 is 5.61. The second kappa shape index (κ2) is 6.90. The van der Waals surface area contributed by atoms with Gasteiger partial charge in [-0.25, -0.2) is 8.42 Å². The smallest absolute Gasteiger partial charge is 0.193 e. The minimum absolute atomic E-state index is 0.125. The van der Waals surface area contributed by atoms with Crippen LogP contribution in [0.2, 0.25) is 0 Å². The fraction of sp³-hybridized carbons (Fsp3) is 0.625. The molecular weight excluding hydrogens is 356 g/mol. The topological polar surface area (TPSA) is 71.1 Å². The average Bonchev–Trinajstić information content (AvgIpc) is 2.87. The number of halogens is 1. The fourth-order valence-electron chi connectivity index (χ4n) is 3.02. The van der Waals surface area contributed by atoms with Gasteiger partial charge < -0.3 is 18.9 Å². The molecule has 4 atom stereocenters. The zero-order chi connectivity index (χ0) is 17.4. The zero-order valence-electron chi connectivity index (χ0n) is 13.6. The first-order valence-electron chi connectivity index (χ1n) is 7.73. The summed E-state index contributed by atoms with van der Waals surface area (Å²) in [6.45, 7) is 3.94. The maximum Gasteiger partial charge on any atom is 0.193 e. The van der Waals surface area contributed by atoms with Gasteiger partial charge in [0.05, 0.1) is 13.2 Å². The predicted octanol–water partition coefficient (Wildman–Crippen LogP) is 2.06. The number of hydrogen-bond acceptors (Lipinski definition) is 6. The van der Waals surface area contributed by atoms with E-state index in [1.54, 1.807) is 13.8 Å². The normalized spacial score (nSPS) is 32.5. The molecule has 134 valence electrons. The van der Waals surface area contributed by atoms with Crippen LogP contribution in [0.25, 0.3) is 0 Å². The van der Waals surface area contributed by atoms with E-state index in [-0.39, 0.29) is 19.3 Å². The minimum atomic E-state index is -3.67. The molecule has 0 aromatic heterocycles. The second-order valence-electron chi connectivity index (χ2n) is 6.37. The number of ether oxygens (including phenoxy) is 4. The molecule has 0 spiro atoms. The van der Waals surface area contributed by atoms with Crippen LogP contribution in [-0.4, -0.2) is 49.8 Å². The van der Waals surface area contributed by atoms with Crippen molar-refractivity contribution in [1.82, 2.24) is 0 Å². The lowest BCUT2D eigenvalue weighted by Gasteiger charge is -2.36. The van der Waals surface area contributed by atoms with Crippen molar-refractivity contribution in [1.29, 1.82) is 0 Å². The Hall–Kier alpha value is -0.700. The maximum atomic E-state index is 12.3. The van der Waals surface area contributed by atoms with Gasteiger partial charge in [0.1, 0.15) is 23.5 Å². The van der Waals surface area contributed by atoms with Crippen LogP contribution in [0.15, 0.2) is 30.3 Å². The molecule has 0 unspecified atom stereocenters. The predicted molar refractivity (Wildman–Crippen MR) is 88.2 cm³/mol. The highest BCUT2D eigenvalue weighted by Gasteiger charge is 2.54. The highest BCUT2D eigenvalue weighted by molar-refractivity contribution is 7.93. The molecule has 2 aliphatic heterocycles. The molecule has 3 rings (SSSR count). The van der Waals surface area contributed by atoms with Crippen molar-refractivity contribution in [2.75, 3.05) is 11.8 Å². The van der Waals surface area contributed by atoms with Crippen molar-refractivity contribution in [2.45, 2.75) is 50.0 Å². The summed E-state index contributed by atoms with van der Waals surface area (Å²) in [4.78, 5) is 0. The maximum absolute atomic E-state index is 12.3. The molecule has 1 aromatic rings. The van der Waals surface area contributed by atoms with Crippen LogP contribution in [0.3, 0.4) is 0 Å². The lowest BCUT2D eigenvalue weighted by atomic mass is 10.1. The molecule has 2 fully saturated rings. The lowest BCUT2D eigenvalue weighted by molar-refractivity contribution is -0.165. The first-order chi connectivity index (χ1) is 11.3. The third-order valence-corrected chi connectivity index (χ3v) is 6.36. The highest BCUT2D eigenvalue weighted by atomic mass is 35.5. The van der Waals surface area contributed by atoms with Gasteiger partial charge in [0.2, 0.25) is 0 Å². The number of fused-ring (bicyclic) bond motifs is 1. The van der Waals surface area contributed by atoms with Crippen molar-refractivity contribution in [2.24, 2.45) is 0 Å². The van der Waals surface area contributed by atoms with E-state index in [0.717, 1.165) is 5.56 Å². The third-order valence-electron chi connectivity index (χ3n) is 4.03. The Kier molecular flexibility index (Phi) is 5.20. The average molecular weight is 377 g/mol. The molecule has 2 heterocycles. The van der Waals surface area contributed by atoms with Crippen molar-refractivity contribution in [3.05, 3.63) is 35.9 Å². The minimum Gasteiger partial charge on any atom is -0.367 e. The lowest BCUT2D eigenvalue weighted by Crippen LogP contribution is -2.55. The van der Waals surface area contributed by atoms with E-state index in [2.05, 4.69) is 0 Å². The van der Waals surface area contributed by atoms with Crippen molar-refractivity contribution in [3.63, 3.8) is 0 Å². The number of sulfone groups is 1. The Bertz CT molecular complexity index is 662. The summed E-state index contributed by atoms with van der Waals surface area (Å²) in [5, 5.41) is -0.537. The fourth-order valence-corrected chi connectivity index (χ4v) is 4.44. The molecular formula is C16H21ClO6S. The van der Waals surface area contributed by atoms with Crippen LogP contribution in [0.5, 0.6) is 0 Å². The number of hydrogen-bond donors (Lipinski definition) is 0. The van der Waals surface area contributed by atoms with Gasteiger partial charge in [-0.2, -0.15) is 0 Å². The van der Waals surface area contributed by atoms with Crippen LogP contribution in [0.1, 0.15) is 19.4 Å². The van der Waals surface area contributed by atoms with Gasteiger partial charge in [-0.1, -0.05) is 30.3 Å². The Balaban J connectivity index is 1.82. The van der Waals surface area contributed by atoms with Gasteiger partial charge in [0.25, 0.3) is 0 Å². The van der Waals surface area contributed by atoms with Gasteiger partial charge in [-0.15, -0.1) is 11.6 Å². The van der Waals surface area contributed by atoms with Crippen molar-refractivity contribution < 1.29 is 27.4 Å². The van der Waals surface area contributed by atoms with Gasteiger partial charge >= 0.3 is 0 Å². The molecule has 6 nitrogen and oxygen atoms in total. The Labute approximate surface area is 146 Å². The molecule has 24 heavy (non-hydrogen) atoms. The largest absolute Gasteiger partial charge is 0.367 e. The van der Waals surface area contributed by atoms with Gasteiger partial charge in [0, 0.05) is 0 Å². The van der Waals surface area contributed by atoms with Gasteiger partial charge in [0.15, 0.2) is 21.1 Å². The molecule has 8 heteroatoms. The Morgan fingerprint density at radius 2 is 1.96 bits per heavy atom. The van der Waals surface area contributed by atoms with Crippen molar-refractivity contribution in [3.8, 4) is 0 Å². The molecule has 0 aliphatic carbocycles. The standard InChI is InChI=1S/C16H21ClO6S/c1-16(2)22-12-9-21-15(24(18,19)10-17)14(13(12)23-16)20-8-11-6-4-3-5-7-11/h3-7,12-15H,8-10H2,1-2H3/t12-,13-,14+,15-/m0/s1. The zero-order valence-corrected chi connectivity index (χ0v) is 15.1. The summed E-state index contributed by atoms with van der Waals surface area (Å²) < 4.78 is 47.7. The van der Waals surface area contributed by atoms with Gasteiger partial charge in [-0.3, -0.25) is 0 Å². The molecule has 0 N–H and O–H groups in total. The number of benzene rings is 1. The SMILES string of the molecule is CC1(C)O[C@@H]2[C@@H](OCc3ccccc3)[C@H](S(=O)(=O)CCl)OC[C@@H]2O1. The van der Waals surface area contributed by atoms with Crippen LogP contribution in [0.4, 0.5) is 0 Å². The molecule has 0 saturated carbocycles. The van der Waals surface area contributed by atoms with Crippen LogP contribution >= 0.6 is 11.6 Å². The Morgan fingerprint density at radius 3 is 2.62 bits per heavy atom. The molecule has 0 radical (unpaired) electrons. The molecule has 0 amide bonds. The van der Waals surface area contributed by atoms with Crippen LogP contribution in [0, 0.1) is 0 Å². The molecule has 1 aromatic carbocycles. The first kappa shape index (κ1) is 18.1. The van der Waals surface area contributed by atoms with Crippen molar-refractivity contribution >= 4 is 21.4 Å². The van der Waals surface area contributed by atoms with Crippen LogP contribution < -0.4 is 0 Å². The summed E-state index contributed by atoms with van der Waals surface area (Å²) in [5.74, 6) is -0.813. The van der Waals surface area contributed by atoms with E-state index in [4.69, 9.17) is 30.5 Å². The van der Waals surface area contributed by atoms with E-state index in [1.165, 1.54) is 0 Å².